The van der Waals surface area contributed by atoms with Crippen molar-refractivity contribution in [3.63, 3.8) is 0 Å². The number of hydrogen-bond acceptors (Lipinski definition) is 5. The topological polar surface area (TPSA) is 97.1 Å². The van der Waals surface area contributed by atoms with E-state index in [1.165, 1.54) is 7.85 Å². The third-order valence-electron chi connectivity index (χ3n) is 7.21. The normalized spacial score (nSPS) is 12.1. The fourth-order valence-electron chi connectivity index (χ4n) is 5.29. The number of amides is 1. The SMILES string of the molecule is BC(=O)NC(=N)c1ccccc1-c1ccc(Cc2c(CCC)nc(CC)n(-c3ccc4c(c3)CCO4)c2=O)cc1. The van der Waals surface area contributed by atoms with Gasteiger partial charge in [-0.2, -0.15) is 0 Å². The number of hydrogen-bond donors (Lipinski definition) is 2. The lowest BCUT2D eigenvalue weighted by atomic mass is 9.95. The summed E-state index contributed by atoms with van der Waals surface area (Å²) in [6.07, 6.45) is 3.61. The van der Waals surface area contributed by atoms with Gasteiger partial charge in [0.2, 0.25) is 7.85 Å². The predicted molar refractivity (Wildman–Crippen MR) is 161 cm³/mol. The summed E-state index contributed by atoms with van der Waals surface area (Å²) in [6, 6.07) is 21.5. The van der Waals surface area contributed by atoms with Crippen molar-refractivity contribution in [3.05, 3.63) is 111 Å². The molecule has 0 radical (unpaired) electrons. The van der Waals surface area contributed by atoms with Crippen molar-refractivity contribution in [2.45, 2.75) is 46.0 Å². The van der Waals surface area contributed by atoms with Crippen LogP contribution in [0.25, 0.3) is 16.8 Å². The van der Waals surface area contributed by atoms with Gasteiger partial charge in [-0.05, 0) is 46.9 Å². The smallest absolute Gasteiger partial charge is 0.261 e. The summed E-state index contributed by atoms with van der Waals surface area (Å²) in [5, 5.41) is 10.9. The quantitative estimate of drug-likeness (QED) is 0.197. The molecule has 0 atom stereocenters. The van der Waals surface area contributed by atoms with Crippen molar-refractivity contribution in [3.8, 4) is 22.6 Å². The summed E-state index contributed by atoms with van der Waals surface area (Å²) < 4.78 is 7.44. The molecule has 1 aromatic heterocycles. The van der Waals surface area contributed by atoms with Crippen LogP contribution < -0.4 is 15.6 Å². The molecule has 40 heavy (non-hydrogen) atoms. The standard InChI is InChI=1S/C32H33BN4O3/c1-3-7-27-26(31(38)37(29(4-2)35-27)23-14-15-28-22(19-23)16-17-40-28)18-20-10-12-21(13-11-20)24-8-5-6-9-25(24)30(34)36-32(33)39/h5-6,8-15,19H,3-4,7,16-18,33H2,1-2H3,(H2,34,36,39). The first-order valence-electron chi connectivity index (χ1n) is 13.8. The lowest BCUT2D eigenvalue weighted by Gasteiger charge is -2.17. The van der Waals surface area contributed by atoms with E-state index >= 15 is 0 Å². The third kappa shape index (κ3) is 5.48. The Balaban J connectivity index is 1.51. The van der Waals surface area contributed by atoms with Crippen LogP contribution in [0.2, 0.25) is 0 Å². The van der Waals surface area contributed by atoms with Gasteiger partial charge in [-0.3, -0.25) is 19.6 Å². The van der Waals surface area contributed by atoms with E-state index in [1.807, 2.05) is 67.6 Å². The van der Waals surface area contributed by atoms with Gasteiger partial charge in [0.15, 0.2) is 5.81 Å². The predicted octanol–water partition coefficient (Wildman–Crippen LogP) is 4.61. The fourth-order valence-corrected chi connectivity index (χ4v) is 5.29. The summed E-state index contributed by atoms with van der Waals surface area (Å²) in [5.41, 5.74) is 6.96. The number of nitrogens with zero attached hydrogens (tertiary/aromatic N) is 2. The number of aryl methyl sites for hydroxylation is 2. The van der Waals surface area contributed by atoms with Gasteiger partial charge in [0.1, 0.15) is 17.4 Å². The molecule has 7 nitrogen and oxygen atoms in total. The largest absolute Gasteiger partial charge is 0.493 e. The van der Waals surface area contributed by atoms with E-state index in [9.17, 15) is 9.59 Å². The van der Waals surface area contributed by atoms with Gasteiger partial charge in [0.25, 0.3) is 5.56 Å². The van der Waals surface area contributed by atoms with E-state index in [0.29, 0.717) is 25.0 Å². The third-order valence-corrected chi connectivity index (χ3v) is 7.21. The maximum absolute atomic E-state index is 14.1. The Morgan fingerprint density at radius 2 is 1.88 bits per heavy atom. The minimum Gasteiger partial charge on any atom is -0.493 e. The number of ether oxygens (including phenoxy) is 1. The molecule has 0 saturated carbocycles. The van der Waals surface area contributed by atoms with Crippen molar-refractivity contribution in [1.29, 1.82) is 5.41 Å². The summed E-state index contributed by atoms with van der Waals surface area (Å²) in [4.78, 5) is 30.6. The number of amidine groups is 1. The Morgan fingerprint density at radius 1 is 1.10 bits per heavy atom. The molecule has 5 rings (SSSR count). The summed E-state index contributed by atoms with van der Waals surface area (Å²) in [6.45, 7) is 4.81. The highest BCUT2D eigenvalue weighted by molar-refractivity contribution is 6.58. The number of carbonyl (C=O) groups excluding carboxylic acids is 1. The number of rotatable bonds is 8. The van der Waals surface area contributed by atoms with Gasteiger partial charge in [-0.1, -0.05) is 68.8 Å². The summed E-state index contributed by atoms with van der Waals surface area (Å²) in [5.74, 6) is 1.45. The van der Waals surface area contributed by atoms with E-state index in [4.69, 9.17) is 15.1 Å². The molecule has 202 valence electrons. The second-order valence-electron chi connectivity index (χ2n) is 10.1. The molecular weight excluding hydrogens is 499 g/mol. The Morgan fingerprint density at radius 3 is 2.60 bits per heavy atom. The highest BCUT2D eigenvalue weighted by atomic mass is 16.5. The van der Waals surface area contributed by atoms with Crippen LogP contribution in [0.1, 0.15) is 54.0 Å². The molecule has 2 N–H and O–H groups in total. The highest BCUT2D eigenvalue weighted by Gasteiger charge is 2.20. The first-order valence-corrected chi connectivity index (χ1v) is 13.8. The Kier molecular flexibility index (Phi) is 7.96. The second kappa shape index (κ2) is 11.7. The molecule has 1 aliphatic heterocycles. The Bertz CT molecular complexity index is 1640. The van der Waals surface area contributed by atoms with E-state index < -0.39 is 0 Å². The number of nitrogens with one attached hydrogen (secondary N) is 2. The average molecular weight is 532 g/mol. The molecule has 8 heteroatoms. The van der Waals surface area contributed by atoms with Crippen LogP contribution in [0.4, 0.5) is 4.79 Å². The molecule has 4 aromatic rings. The lowest BCUT2D eigenvalue weighted by molar-refractivity contribution is 0.263. The zero-order valence-corrected chi connectivity index (χ0v) is 23.2. The van der Waals surface area contributed by atoms with Gasteiger partial charge in [0.05, 0.1) is 18.0 Å². The van der Waals surface area contributed by atoms with Crippen LogP contribution in [0.5, 0.6) is 5.75 Å². The van der Waals surface area contributed by atoms with Crippen LogP contribution in [0.15, 0.2) is 71.5 Å². The molecule has 0 bridgehead atoms. The van der Waals surface area contributed by atoms with E-state index in [0.717, 1.165) is 70.0 Å². The Hall–Kier alpha value is -4.46. The molecule has 1 amide bonds. The van der Waals surface area contributed by atoms with E-state index in [1.54, 1.807) is 4.57 Å². The number of aromatic nitrogens is 2. The van der Waals surface area contributed by atoms with Crippen molar-refractivity contribution < 1.29 is 9.53 Å². The van der Waals surface area contributed by atoms with Crippen molar-refractivity contribution >= 4 is 19.5 Å². The molecule has 1 aliphatic rings. The van der Waals surface area contributed by atoms with Gasteiger partial charge < -0.3 is 10.1 Å². The van der Waals surface area contributed by atoms with Crippen LogP contribution in [0.3, 0.4) is 0 Å². The minimum absolute atomic E-state index is 0.0210. The maximum atomic E-state index is 14.1. The molecule has 0 spiro atoms. The van der Waals surface area contributed by atoms with Crippen LogP contribution in [-0.2, 0) is 25.7 Å². The number of benzene rings is 3. The monoisotopic (exact) mass is 532 g/mol. The summed E-state index contributed by atoms with van der Waals surface area (Å²) >= 11 is 0. The lowest BCUT2D eigenvalue weighted by Crippen LogP contribution is -2.29. The van der Waals surface area contributed by atoms with Gasteiger partial charge in [-0.25, -0.2) is 4.98 Å². The van der Waals surface area contributed by atoms with Crippen molar-refractivity contribution in [2.24, 2.45) is 0 Å². The Labute approximate surface area is 235 Å². The molecule has 0 aliphatic carbocycles. The first-order chi connectivity index (χ1) is 19.4. The molecule has 0 saturated heterocycles. The minimum atomic E-state index is -0.278. The molecular formula is C32H33BN4O3. The van der Waals surface area contributed by atoms with Crippen LogP contribution in [0, 0.1) is 5.41 Å². The van der Waals surface area contributed by atoms with Crippen LogP contribution in [-0.4, -0.2) is 35.6 Å². The number of carbonyl (C=O) groups is 1. The highest BCUT2D eigenvalue weighted by Crippen LogP contribution is 2.28. The van der Waals surface area contributed by atoms with Crippen molar-refractivity contribution in [2.75, 3.05) is 6.61 Å². The zero-order chi connectivity index (χ0) is 28.2. The first kappa shape index (κ1) is 27.1. The number of fused-ring (bicyclic) bond motifs is 1. The summed E-state index contributed by atoms with van der Waals surface area (Å²) in [7, 11) is 1.40. The van der Waals surface area contributed by atoms with Gasteiger partial charge >= 0.3 is 0 Å². The zero-order valence-electron chi connectivity index (χ0n) is 23.2. The molecule has 3 aromatic carbocycles. The van der Waals surface area contributed by atoms with Crippen LogP contribution >= 0.6 is 0 Å². The average Bonchev–Trinajstić information content (AvgIpc) is 3.43. The van der Waals surface area contributed by atoms with Gasteiger partial charge in [-0.15, -0.1) is 0 Å². The molecule has 0 unspecified atom stereocenters. The molecule has 0 fully saturated rings. The van der Waals surface area contributed by atoms with E-state index in [-0.39, 0.29) is 17.2 Å². The fraction of sp³-hybridized carbons (Fsp3) is 0.250. The van der Waals surface area contributed by atoms with Gasteiger partial charge in [0, 0.05) is 30.4 Å². The molecule has 2 heterocycles. The van der Waals surface area contributed by atoms with E-state index in [2.05, 4.69) is 18.3 Å². The second-order valence-corrected chi connectivity index (χ2v) is 10.1. The van der Waals surface area contributed by atoms with Crippen molar-refractivity contribution in [1.82, 2.24) is 14.9 Å². The maximum Gasteiger partial charge on any atom is 0.261 e.